The zero-order valence-corrected chi connectivity index (χ0v) is 7.36. The van der Waals surface area contributed by atoms with Crippen LogP contribution in [-0.2, 0) is 0 Å². The highest BCUT2D eigenvalue weighted by molar-refractivity contribution is 4.83. The van der Waals surface area contributed by atoms with Crippen molar-refractivity contribution < 1.29 is 1.43 Å². The van der Waals surface area contributed by atoms with Gasteiger partial charge in [0.05, 0.1) is 0 Å². The van der Waals surface area contributed by atoms with E-state index in [0.29, 0.717) is 0 Å². The molecule has 0 bridgehead atoms. The van der Waals surface area contributed by atoms with Gasteiger partial charge in [-0.2, -0.15) is 0 Å². The molecule has 0 aliphatic carbocycles. The van der Waals surface area contributed by atoms with Gasteiger partial charge in [-0.3, -0.25) is 0 Å². The fourth-order valence-electron chi connectivity index (χ4n) is 0.468. The van der Waals surface area contributed by atoms with Gasteiger partial charge in [-0.1, -0.05) is 0 Å². The van der Waals surface area contributed by atoms with Crippen LogP contribution in [0.1, 0.15) is 29.1 Å². The molecule has 0 radical (unpaired) electrons. The van der Waals surface area contributed by atoms with Crippen molar-refractivity contribution in [2.75, 3.05) is 6.54 Å². The van der Waals surface area contributed by atoms with Crippen molar-refractivity contribution in [1.29, 1.82) is 0 Å². The van der Waals surface area contributed by atoms with E-state index in [1.165, 1.54) is 0 Å². The second-order valence-electron chi connectivity index (χ2n) is 3.29. The molecule has 0 amide bonds. The summed E-state index contributed by atoms with van der Waals surface area (Å²) in [7, 11) is 0. The van der Waals surface area contributed by atoms with Crippen LogP contribution in [0.3, 0.4) is 0 Å². The summed E-state index contributed by atoms with van der Waals surface area (Å²) in [5, 5.41) is 6.29. The highest BCUT2D eigenvalue weighted by Crippen LogP contribution is 1.96. The Morgan fingerprint density at radius 3 is 2.30 bits per heavy atom. The van der Waals surface area contributed by atoms with Crippen LogP contribution >= 0.6 is 0 Å². The predicted molar refractivity (Wildman–Crippen MR) is 47.8 cm³/mol. The average Bonchev–Trinajstić information content (AvgIpc) is 1.78. The Morgan fingerprint density at radius 2 is 1.90 bits per heavy atom. The fraction of sp³-hybridized carbons (Fsp3) is 0.750. The Hall–Kier alpha value is -0.660. The van der Waals surface area contributed by atoms with E-state index in [9.17, 15) is 0 Å². The van der Waals surface area contributed by atoms with E-state index in [4.69, 9.17) is 0 Å². The molecule has 0 saturated carbocycles. The summed E-state index contributed by atoms with van der Waals surface area (Å²) in [5.41, 5.74) is 0.173. The summed E-state index contributed by atoms with van der Waals surface area (Å²) in [6, 6.07) is 0. The molecular weight excluding hydrogens is 124 g/mol. The quantitative estimate of drug-likeness (QED) is 0.630. The van der Waals surface area contributed by atoms with Crippen molar-refractivity contribution in [3.05, 3.63) is 12.4 Å². The lowest BCUT2D eigenvalue weighted by molar-refractivity contribution is 0.490. The lowest BCUT2D eigenvalue weighted by Gasteiger charge is -2.18. The molecule has 2 heteroatoms. The van der Waals surface area contributed by atoms with E-state index in [-0.39, 0.29) is 6.97 Å². The van der Waals surface area contributed by atoms with Crippen LogP contribution in [0.5, 0.6) is 0 Å². The third-order valence-corrected chi connectivity index (χ3v) is 0.922. The Balaban J connectivity index is 0. The Morgan fingerprint density at radius 1 is 1.30 bits per heavy atom. The highest BCUT2D eigenvalue weighted by Gasteiger charge is 2.03. The third-order valence-electron chi connectivity index (χ3n) is 0.922. The van der Waals surface area contributed by atoms with Crippen LogP contribution in [0.2, 0.25) is 0 Å². The smallest absolute Gasteiger partial charge is 0.0284 e. The summed E-state index contributed by atoms with van der Waals surface area (Å²) >= 11 is 0. The van der Waals surface area contributed by atoms with E-state index < -0.39 is 0 Å². The summed E-state index contributed by atoms with van der Waals surface area (Å²) in [6.07, 6.45) is 3.86. The van der Waals surface area contributed by atoms with Crippen molar-refractivity contribution in [3.63, 3.8) is 0 Å². The molecule has 0 aliphatic rings. The van der Waals surface area contributed by atoms with Gasteiger partial charge in [-0.15, -0.1) is 0 Å². The van der Waals surface area contributed by atoms with Gasteiger partial charge in [0.15, 0.2) is 0 Å². The number of nitrogens with one attached hydrogen (secondary N) is 2. The van der Waals surface area contributed by atoms with E-state index >= 15 is 0 Å². The third kappa shape index (κ3) is 7.34. The molecule has 0 aromatic carbocycles. The first-order valence-electron chi connectivity index (χ1n) is 3.72. The summed E-state index contributed by atoms with van der Waals surface area (Å²) in [5.74, 6) is 0. The molecule has 0 unspecified atom stereocenters. The normalized spacial score (nSPS) is 12.0. The van der Waals surface area contributed by atoms with E-state index in [1.54, 1.807) is 0 Å². The van der Waals surface area contributed by atoms with Crippen molar-refractivity contribution >= 4 is 0 Å². The number of hydrogen-bond donors (Lipinski definition) is 2. The van der Waals surface area contributed by atoms with Crippen molar-refractivity contribution in [3.8, 4) is 0 Å². The molecule has 0 aliphatic heterocycles. The fourth-order valence-corrected chi connectivity index (χ4v) is 0.468. The Bertz CT molecular complexity index is 105. The zero-order valence-electron chi connectivity index (χ0n) is 7.36. The van der Waals surface area contributed by atoms with E-state index in [0.717, 1.165) is 6.54 Å². The van der Waals surface area contributed by atoms with Gasteiger partial charge in [-0.05, 0) is 27.7 Å². The van der Waals surface area contributed by atoms with Crippen LogP contribution in [0.15, 0.2) is 12.4 Å². The van der Waals surface area contributed by atoms with Gasteiger partial charge in [0.2, 0.25) is 0 Å². The van der Waals surface area contributed by atoms with Gasteiger partial charge in [-0.25, -0.2) is 0 Å². The van der Waals surface area contributed by atoms with Crippen molar-refractivity contribution in [2.24, 2.45) is 0 Å². The maximum Gasteiger partial charge on any atom is 0.0284 e. The molecule has 0 aromatic rings. The standard InChI is InChI=1S/C8H18N2.H2/c1-5-9-6-7-10-8(2,3)4;/h6-7,9-10H,5H2,1-4H3;1H/b7-6-;. The maximum absolute atomic E-state index is 3.21. The molecule has 10 heavy (non-hydrogen) atoms. The van der Waals surface area contributed by atoms with E-state index in [1.807, 2.05) is 12.4 Å². The average molecular weight is 144 g/mol. The summed E-state index contributed by atoms with van der Waals surface area (Å²) in [4.78, 5) is 0. The number of hydrogen-bond acceptors (Lipinski definition) is 2. The minimum Gasteiger partial charge on any atom is -0.390 e. The molecular formula is C8H20N2. The molecule has 2 nitrogen and oxygen atoms in total. The SMILES string of the molecule is CCN/C=C\NC(C)(C)C.[HH]. The first-order valence-corrected chi connectivity index (χ1v) is 3.72. The monoisotopic (exact) mass is 144 g/mol. The number of rotatable bonds is 3. The maximum atomic E-state index is 3.21. The summed E-state index contributed by atoms with van der Waals surface area (Å²) in [6.45, 7) is 9.43. The van der Waals surface area contributed by atoms with Gasteiger partial charge in [0.25, 0.3) is 0 Å². The second-order valence-corrected chi connectivity index (χ2v) is 3.29. The largest absolute Gasteiger partial charge is 0.390 e. The van der Waals surface area contributed by atoms with Crippen LogP contribution in [0, 0.1) is 0 Å². The van der Waals surface area contributed by atoms with Crippen molar-refractivity contribution in [2.45, 2.75) is 33.2 Å². The second kappa shape index (κ2) is 4.20. The molecule has 0 spiro atoms. The lowest BCUT2D eigenvalue weighted by atomic mass is 10.1. The first kappa shape index (κ1) is 9.34. The predicted octanol–water partition coefficient (Wildman–Crippen LogP) is 1.70. The zero-order chi connectivity index (χ0) is 8.04. The molecule has 0 aromatic heterocycles. The molecule has 0 saturated heterocycles. The van der Waals surface area contributed by atoms with Crippen LogP contribution < -0.4 is 10.6 Å². The molecule has 0 fully saturated rings. The Labute approximate surface area is 65.2 Å². The molecule has 0 heterocycles. The van der Waals surface area contributed by atoms with Gasteiger partial charge < -0.3 is 10.6 Å². The molecule has 2 N–H and O–H groups in total. The first-order chi connectivity index (χ1) is 4.56. The van der Waals surface area contributed by atoms with Gasteiger partial charge in [0.1, 0.15) is 0 Å². The van der Waals surface area contributed by atoms with Gasteiger partial charge >= 0.3 is 0 Å². The minimum absolute atomic E-state index is 0. The topological polar surface area (TPSA) is 24.1 Å². The molecule has 62 valence electrons. The lowest BCUT2D eigenvalue weighted by Crippen LogP contribution is -2.31. The van der Waals surface area contributed by atoms with E-state index in [2.05, 4.69) is 38.3 Å². The highest BCUT2D eigenvalue weighted by atomic mass is 14.9. The summed E-state index contributed by atoms with van der Waals surface area (Å²) < 4.78 is 0. The minimum atomic E-state index is 0. The van der Waals surface area contributed by atoms with Crippen LogP contribution in [0.4, 0.5) is 0 Å². The van der Waals surface area contributed by atoms with Crippen molar-refractivity contribution in [1.82, 2.24) is 10.6 Å². The molecule has 0 atom stereocenters. The molecule has 0 rings (SSSR count). The van der Waals surface area contributed by atoms with Crippen LogP contribution in [-0.4, -0.2) is 12.1 Å². The van der Waals surface area contributed by atoms with Crippen LogP contribution in [0.25, 0.3) is 0 Å². The van der Waals surface area contributed by atoms with Gasteiger partial charge in [0, 0.05) is 25.9 Å². The Kier molecular flexibility index (Phi) is 3.93.